The lowest BCUT2D eigenvalue weighted by Crippen LogP contribution is -2.23. The van der Waals surface area contributed by atoms with E-state index in [0.29, 0.717) is 0 Å². The summed E-state index contributed by atoms with van der Waals surface area (Å²) in [6.07, 6.45) is 0. The van der Waals surface area contributed by atoms with Crippen LogP contribution in [0.2, 0.25) is 0 Å². The second-order valence-corrected chi connectivity index (χ2v) is 0.689. The molecule has 2 N–H and O–H groups in total. The largest absolute Gasteiger partial charge is 0.538 e. The molecule has 1 aliphatic heterocycles. The van der Waals surface area contributed by atoms with Crippen molar-refractivity contribution in [2.45, 2.75) is 0 Å². The highest BCUT2D eigenvalue weighted by molar-refractivity contribution is 3.89. The van der Waals surface area contributed by atoms with Crippen LogP contribution in [0, 0.1) is 5.21 Å². The molecular formula is H2N2O3. The van der Waals surface area contributed by atoms with Crippen LogP contribution in [0.5, 0.6) is 0 Å². The van der Waals surface area contributed by atoms with Crippen molar-refractivity contribution < 1.29 is 15.1 Å². The first-order valence-corrected chi connectivity index (χ1v) is 0.973. The first kappa shape index (κ1) is 3.01. The van der Waals surface area contributed by atoms with Crippen LogP contribution in [0.1, 0.15) is 0 Å². The van der Waals surface area contributed by atoms with E-state index < -0.39 is 5.08 Å². The van der Waals surface area contributed by atoms with Crippen molar-refractivity contribution in [3.8, 4) is 0 Å². The number of hydrogen-bond acceptors (Lipinski definition) is 4. The van der Waals surface area contributed by atoms with Crippen LogP contribution >= 0.6 is 0 Å². The van der Waals surface area contributed by atoms with Crippen LogP contribution in [-0.4, -0.2) is 5.08 Å². The summed E-state index contributed by atoms with van der Waals surface area (Å²) in [6, 6.07) is 0. The molecule has 0 aromatic heterocycles. The smallest absolute Gasteiger partial charge is 0.0878 e. The molecule has 1 heterocycles. The Morgan fingerprint density at radius 3 is 1.80 bits per heavy atom. The summed E-state index contributed by atoms with van der Waals surface area (Å²) in [6.45, 7) is 0. The molecule has 0 aromatic rings. The minimum Gasteiger partial charge on any atom is -0.538 e. The minimum absolute atomic E-state index is 1.50. The molecule has 0 unspecified atom stereocenters. The van der Waals surface area contributed by atoms with Gasteiger partial charge < -0.3 is 5.21 Å². The van der Waals surface area contributed by atoms with E-state index in [1.165, 1.54) is 0 Å². The van der Waals surface area contributed by atoms with Gasteiger partial charge in [-0.1, -0.05) is 0 Å². The van der Waals surface area contributed by atoms with Gasteiger partial charge in [0.1, 0.15) is 0 Å². The molecular weight excluding hydrogens is 76.0 g/mol. The predicted molar refractivity (Wildman–Crippen MR) is 9.98 cm³/mol. The zero-order chi connectivity index (χ0) is 3.91. The van der Waals surface area contributed by atoms with E-state index in [1.54, 1.807) is 0 Å². The van der Waals surface area contributed by atoms with Gasteiger partial charge in [-0.25, -0.2) is 0 Å². The Hall–Kier alpha value is -0.200. The van der Waals surface area contributed by atoms with Crippen molar-refractivity contribution in [1.29, 1.82) is 0 Å². The van der Waals surface area contributed by atoms with Gasteiger partial charge in [0.05, 0.1) is 15.1 Å². The lowest BCUT2D eigenvalue weighted by molar-refractivity contribution is -0.943. The van der Waals surface area contributed by atoms with E-state index >= 15 is 0 Å². The molecule has 5 heteroatoms. The number of hydrogen-bond donors (Lipinski definition) is 1. The summed E-state index contributed by atoms with van der Waals surface area (Å²) in [5, 5.41) is 7.99. The van der Waals surface area contributed by atoms with Gasteiger partial charge in [0.25, 0.3) is 0 Å². The van der Waals surface area contributed by atoms with E-state index in [0.717, 1.165) is 0 Å². The molecule has 1 rings (SSSR count). The highest BCUT2D eigenvalue weighted by Gasteiger charge is 2.38. The minimum atomic E-state index is -1.50. The summed E-state index contributed by atoms with van der Waals surface area (Å²) in [5.41, 5.74) is 0. The molecule has 5 nitrogen and oxygen atoms in total. The molecule has 0 saturated carbocycles. The Balaban J connectivity index is 2.38. The van der Waals surface area contributed by atoms with Gasteiger partial charge >= 0.3 is 0 Å². The maximum absolute atomic E-state index is 9.49. The third kappa shape index (κ3) is 0.534. The lowest BCUT2D eigenvalue weighted by atomic mass is 12.6. The molecule has 0 atom stereocenters. The van der Waals surface area contributed by atoms with Gasteiger partial charge in [0.2, 0.25) is 0 Å². The zero-order valence-electron chi connectivity index (χ0n) is 2.25. The summed E-state index contributed by atoms with van der Waals surface area (Å²) in [4.78, 5) is 7.11. The van der Waals surface area contributed by atoms with Crippen LogP contribution < -0.4 is 5.84 Å². The highest BCUT2D eigenvalue weighted by atomic mass is 17.7. The van der Waals surface area contributed by atoms with Crippen molar-refractivity contribution in [2.75, 3.05) is 0 Å². The zero-order valence-corrected chi connectivity index (χ0v) is 2.25. The van der Waals surface area contributed by atoms with Crippen LogP contribution in [0.25, 0.3) is 0 Å². The Bertz CT molecular complexity index is 42.9. The summed E-state index contributed by atoms with van der Waals surface area (Å²) < 4.78 is 0. The molecule has 1 saturated heterocycles. The maximum atomic E-state index is 9.49. The van der Waals surface area contributed by atoms with Crippen molar-refractivity contribution in [3.63, 3.8) is 0 Å². The summed E-state index contributed by atoms with van der Waals surface area (Å²) >= 11 is 0. The molecule has 0 bridgehead atoms. The molecule has 1 aliphatic rings. The Kier molecular flexibility index (Phi) is 0.295. The van der Waals surface area contributed by atoms with E-state index in [2.05, 4.69) is 15.8 Å². The van der Waals surface area contributed by atoms with Gasteiger partial charge in [0, 0.05) is 0 Å². The van der Waals surface area contributed by atoms with Crippen molar-refractivity contribution in [2.24, 2.45) is 5.84 Å². The Labute approximate surface area is 27.5 Å². The molecule has 0 spiro atoms. The van der Waals surface area contributed by atoms with Crippen molar-refractivity contribution in [1.82, 2.24) is 0 Å². The lowest BCUT2D eigenvalue weighted by Gasteiger charge is -1.89. The SMILES string of the molecule is N[N+]1([O-])OO1. The molecule has 0 amide bonds. The Morgan fingerprint density at radius 2 is 1.80 bits per heavy atom. The van der Waals surface area contributed by atoms with Crippen molar-refractivity contribution in [3.05, 3.63) is 5.21 Å². The third-order valence-corrected chi connectivity index (χ3v) is 0.221. The van der Waals surface area contributed by atoms with Gasteiger partial charge in [-0.2, -0.15) is 0 Å². The first-order valence-electron chi connectivity index (χ1n) is 0.973. The van der Waals surface area contributed by atoms with E-state index in [-0.39, 0.29) is 0 Å². The van der Waals surface area contributed by atoms with Crippen molar-refractivity contribution >= 4 is 0 Å². The second kappa shape index (κ2) is 0.490. The van der Waals surface area contributed by atoms with Gasteiger partial charge in [-0.3, -0.25) is 0 Å². The van der Waals surface area contributed by atoms with Gasteiger partial charge in [-0.05, 0) is 0 Å². The fraction of sp³-hybridized carbons (Fsp3) is 0. The van der Waals surface area contributed by atoms with Gasteiger partial charge in [0.15, 0.2) is 0 Å². The van der Waals surface area contributed by atoms with E-state index in [4.69, 9.17) is 0 Å². The normalized spacial score (nSPS) is 30.0. The molecule has 0 aromatic carbocycles. The second-order valence-electron chi connectivity index (χ2n) is 0.689. The quantitative estimate of drug-likeness (QED) is 0.132. The fourth-order valence-electron chi connectivity index (χ4n) is 0.0329. The number of rotatable bonds is 0. The first-order chi connectivity index (χ1) is 2.21. The topological polar surface area (TPSA) is 74.1 Å². The summed E-state index contributed by atoms with van der Waals surface area (Å²) in [5.74, 6) is 4.40. The average molecular weight is 78.0 g/mol. The van der Waals surface area contributed by atoms with E-state index in [1.807, 2.05) is 0 Å². The highest BCUT2D eigenvalue weighted by Crippen LogP contribution is 2.13. The standard InChI is InChI=1S/H2N2O3/c1-2(3)4-5-2/h1H2. The fourth-order valence-corrected chi connectivity index (χ4v) is 0.0329. The van der Waals surface area contributed by atoms with Crippen LogP contribution in [0.4, 0.5) is 0 Å². The number of nitrogens with two attached hydrogens (primary N) is 1. The molecule has 1 fully saturated rings. The monoisotopic (exact) mass is 78.0 g/mol. The number of nitrogens with zero attached hydrogens (tertiary/aromatic N) is 1. The predicted octanol–water partition coefficient (Wildman–Crippen LogP) is -1.03. The number of quaternary nitrogens is 1. The molecule has 30 valence electrons. The maximum Gasteiger partial charge on any atom is 0.0878 e. The van der Waals surface area contributed by atoms with Crippen LogP contribution in [0.15, 0.2) is 0 Å². The summed E-state index contributed by atoms with van der Waals surface area (Å²) in [7, 11) is 0. The van der Waals surface area contributed by atoms with Crippen LogP contribution in [-0.2, 0) is 9.98 Å². The molecule has 0 aliphatic carbocycles. The van der Waals surface area contributed by atoms with Gasteiger partial charge in [-0.15, -0.1) is 5.84 Å². The van der Waals surface area contributed by atoms with E-state index in [9.17, 15) is 5.21 Å². The average Bonchev–Trinajstić information content (AvgIpc) is 1.76. The molecule has 5 heavy (non-hydrogen) atoms. The Morgan fingerprint density at radius 1 is 1.60 bits per heavy atom. The third-order valence-electron chi connectivity index (χ3n) is 0.221. The van der Waals surface area contributed by atoms with Crippen LogP contribution in [0.3, 0.4) is 0 Å². The molecule has 0 radical (unpaired) electrons.